The van der Waals surface area contributed by atoms with Gasteiger partial charge in [0.05, 0.1) is 13.2 Å². The normalized spacial score (nSPS) is 15.8. The van der Waals surface area contributed by atoms with Gasteiger partial charge in [-0.25, -0.2) is 0 Å². The second-order valence-corrected chi connectivity index (χ2v) is 5.40. The highest BCUT2D eigenvalue weighted by molar-refractivity contribution is 5.36. The van der Waals surface area contributed by atoms with Crippen LogP contribution in [0, 0.1) is 0 Å². The number of nitrogens with one attached hydrogen (secondary N) is 2. The molecule has 1 fully saturated rings. The van der Waals surface area contributed by atoms with Crippen LogP contribution in [0.3, 0.4) is 0 Å². The highest BCUT2D eigenvalue weighted by atomic mass is 16.5. The molecule has 2 heterocycles. The van der Waals surface area contributed by atoms with Gasteiger partial charge in [0.2, 0.25) is 11.9 Å². The smallest absolute Gasteiger partial charge is 0.323 e. The first-order valence-corrected chi connectivity index (χ1v) is 7.86. The first-order valence-electron chi connectivity index (χ1n) is 7.86. The summed E-state index contributed by atoms with van der Waals surface area (Å²) in [5.41, 5.74) is 0. The summed E-state index contributed by atoms with van der Waals surface area (Å²) in [7, 11) is 0. The Labute approximate surface area is 131 Å². The van der Waals surface area contributed by atoms with Crippen LogP contribution in [0.4, 0.5) is 11.9 Å². The summed E-state index contributed by atoms with van der Waals surface area (Å²) < 4.78 is 11.0. The van der Waals surface area contributed by atoms with Gasteiger partial charge in [-0.15, -0.1) is 0 Å². The van der Waals surface area contributed by atoms with Crippen molar-refractivity contribution in [2.75, 3.05) is 56.6 Å². The van der Waals surface area contributed by atoms with Crippen molar-refractivity contribution < 1.29 is 9.47 Å². The molecule has 22 heavy (non-hydrogen) atoms. The van der Waals surface area contributed by atoms with Gasteiger partial charge in [-0.1, -0.05) is 0 Å². The molecule has 0 radical (unpaired) electrons. The number of hydrogen-bond donors (Lipinski definition) is 2. The molecule has 0 unspecified atom stereocenters. The average Bonchev–Trinajstić information content (AvgIpc) is 2.48. The maximum Gasteiger partial charge on any atom is 0.323 e. The molecule has 2 N–H and O–H groups in total. The van der Waals surface area contributed by atoms with E-state index in [-0.39, 0.29) is 6.04 Å². The summed E-state index contributed by atoms with van der Waals surface area (Å²) in [5, 5.41) is 6.27. The largest absolute Gasteiger partial charge is 0.462 e. The van der Waals surface area contributed by atoms with Crippen LogP contribution in [0.15, 0.2) is 0 Å². The summed E-state index contributed by atoms with van der Waals surface area (Å²) in [4.78, 5) is 15.2. The fraction of sp³-hybridized carbons (Fsp3) is 0.786. The standard InChI is InChI=1S/C14H26N6O2/c1-4-15-12-17-13(16-11(2)3)19-14(18-12)22-10-7-20-5-8-21-9-6-20/h11H,4-10H2,1-3H3,(H2,15,16,17,18,19). The van der Waals surface area contributed by atoms with E-state index in [1.165, 1.54) is 0 Å². The molecule has 0 spiro atoms. The van der Waals surface area contributed by atoms with Crippen LogP contribution in [-0.2, 0) is 4.74 Å². The SMILES string of the molecule is CCNc1nc(NC(C)C)nc(OCCN2CCOCC2)n1. The fourth-order valence-electron chi connectivity index (χ4n) is 2.07. The average molecular weight is 310 g/mol. The van der Waals surface area contributed by atoms with Crippen molar-refractivity contribution in [2.45, 2.75) is 26.8 Å². The predicted octanol–water partition coefficient (Wildman–Crippen LogP) is 0.835. The maximum atomic E-state index is 5.69. The van der Waals surface area contributed by atoms with E-state index in [2.05, 4.69) is 30.5 Å². The van der Waals surface area contributed by atoms with Crippen LogP contribution in [0.2, 0.25) is 0 Å². The Balaban J connectivity index is 1.91. The van der Waals surface area contributed by atoms with Crippen molar-refractivity contribution in [3.8, 4) is 6.01 Å². The van der Waals surface area contributed by atoms with Gasteiger partial charge in [0.1, 0.15) is 6.61 Å². The lowest BCUT2D eigenvalue weighted by Gasteiger charge is -2.26. The van der Waals surface area contributed by atoms with Crippen molar-refractivity contribution in [3.05, 3.63) is 0 Å². The number of nitrogens with zero attached hydrogens (tertiary/aromatic N) is 4. The Bertz CT molecular complexity index is 451. The van der Waals surface area contributed by atoms with E-state index in [4.69, 9.17) is 9.47 Å². The second-order valence-electron chi connectivity index (χ2n) is 5.40. The molecular formula is C14H26N6O2. The van der Waals surface area contributed by atoms with Gasteiger partial charge < -0.3 is 20.1 Å². The molecule has 8 nitrogen and oxygen atoms in total. The molecule has 1 aromatic heterocycles. The minimum Gasteiger partial charge on any atom is -0.462 e. The Kier molecular flexibility index (Phi) is 6.60. The number of rotatable bonds is 8. The highest BCUT2D eigenvalue weighted by Gasteiger charge is 2.12. The Morgan fingerprint density at radius 2 is 1.91 bits per heavy atom. The molecule has 1 aliphatic heterocycles. The summed E-state index contributed by atoms with van der Waals surface area (Å²) in [6.07, 6.45) is 0. The van der Waals surface area contributed by atoms with E-state index in [1.807, 2.05) is 20.8 Å². The fourth-order valence-corrected chi connectivity index (χ4v) is 2.07. The third-order valence-corrected chi connectivity index (χ3v) is 3.11. The van der Waals surface area contributed by atoms with Gasteiger partial charge in [0.15, 0.2) is 0 Å². The Morgan fingerprint density at radius 1 is 1.18 bits per heavy atom. The maximum absolute atomic E-state index is 5.69. The molecule has 124 valence electrons. The van der Waals surface area contributed by atoms with Crippen LogP contribution >= 0.6 is 0 Å². The van der Waals surface area contributed by atoms with Gasteiger partial charge in [-0.2, -0.15) is 15.0 Å². The lowest BCUT2D eigenvalue weighted by molar-refractivity contribution is 0.0317. The van der Waals surface area contributed by atoms with Crippen LogP contribution in [0.5, 0.6) is 6.01 Å². The molecule has 1 aliphatic rings. The van der Waals surface area contributed by atoms with Crippen molar-refractivity contribution in [1.82, 2.24) is 19.9 Å². The van der Waals surface area contributed by atoms with E-state index in [0.29, 0.717) is 24.5 Å². The zero-order chi connectivity index (χ0) is 15.8. The van der Waals surface area contributed by atoms with Crippen LogP contribution < -0.4 is 15.4 Å². The highest BCUT2D eigenvalue weighted by Crippen LogP contribution is 2.12. The Morgan fingerprint density at radius 3 is 2.59 bits per heavy atom. The van der Waals surface area contributed by atoms with Gasteiger partial charge in [-0.05, 0) is 20.8 Å². The van der Waals surface area contributed by atoms with Gasteiger partial charge in [-0.3, -0.25) is 4.90 Å². The first kappa shape index (κ1) is 16.7. The van der Waals surface area contributed by atoms with E-state index in [9.17, 15) is 0 Å². The third-order valence-electron chi connectivity index (χ3n) is 3.11. The molecule has 1 saturated heterocycles. The number of hydrogen-bond acceptors (Lipinski definition) is 8. The summed E-state index contributed by atoms with van der Waals surface area (Å²) >= 11 is 0. The van der Waals surface area contributed by atoms with Crippen LogP contribution in [0.25, 0.3) is 0 Å². The van der Waals surface area contributed by atoms with Crippen molar-refractivity contribution in [3.63, 3.8) is 0 Å². The summed E-state index contributed by atoms with van der Waals surface area (Å²) in [6.45, 7) is 11.7. The van der Waals surface area contributed by atoms with E-state index < -0.39 is 0 Å². The van der Waals surface area contributed by atoms with E-state index in [1.54, 1.807) is 0 Å². The van der Waals surface area contributed by atoms with E-state index >= 15 is 0 Å². The zero-order valence-electron chi connectivity index (χ0n) is 13.6. The zero-order valence-corrected chi connectivity index (χ0v) is 13.6. The number of ether oxygens (including phenoxy) is 2. The van der Waals surface area contributed by atoms with Crippen LogP contribution in [-0.4, -0.2) is 71.9 Å². The summed E-state index contributed by atoms with van der Waals surface area (Å²) in [5.74, 6) is 1.06. The molecule has 8 heteroatoms. The second kappa shape index (κ2) is 8.70. The van der Waals surface area contributed by atoms with Crippen molar-refractivity contribution in [2.24, 2.45) is 0 Å². The number of anilines is 2. The molecule has 0 aliphatic carbocycles. The molecule has 2 rings (SSSR count). The van der Waals surface area contributed by atoms with Gasteiger partial charge in [0.25, 0.3) is 0 Å². The molecule has 1 aromatic rings. The minimum absolute atomic E-state index is 0.248. The Hall–Kier alpha value is -1.67. The predicted molar refractivity (Wildman–Crippen MR) is 85.5 cm³/mol. The third kappa shape index (κ3) is 5.61. The molecular weight excluding hydrogens is 284 g/mol. The topological polar surface area (TPSA) is 84.4 Å². The van der Waals surface area contributed by atoms with Crippen molar-refractivity contribution in [1.29, 1.82) is 0 Å². The molecule has 0 amide bonds. The summed E-state index contributed by atoms with van der Waals surface area (Å²) in [6, 6.07) is 0.598. The lowest BCUT2D eigenvalue weighted by Crippen LogP contribution is -2.38. The molecule has 0 saturated carbocycles. The van der Waals surface area contributed by atoms with Gasteiger partial charge >= 0.3 is 6.01 Å². The quantitative estimate of drug-likeness (QED) is 0.730. The minimum atomic E-state index is 0.248. The number of morpholine rings is 1. The van der Waals surface area contributed by atoms with Gasteiger partial charge in [0, 0.05) is 32.2 Å². The first-order chi connectivity index (χ1) is 10.7. The van der Waals surface area contributed by atoms with E-state index in [0.717, 1.165) is 39.4 Å². The molecule has 0 aromatic carbocycles. The molecule has 0 bridgehead atoms. The number of aromatic nitrogens is 3. The lowest BCUT2D eigenvalue weighted by atomic mass is 10.4. The van der Waals surface area contributed by atoms with Crippen molar-refractivity contribution >= 4 is 11.9 Å². The monoisotopic (exact) mass is 310 g/mol. The molecule has 0 atom stereocenters. The van der Waals surface area contributed by atoms with Crippen LogP contribution in [0.1, 0.15) is 20.8 Å².